The van der Waals surface area contributed by atoms with E-state index in [9.17, 15) is 9.18 Å². The second-order valence-corrected chi connectivity index (χ2v) is 4.00. The third kappa shape index (κ3) is 3.03. The van der Waals surface area contributed by atoms with Crippen molar-refractivity contribution in [2.24, 2.45) is 5.73 Å². The molecular weight excluding hydrogens is 209 g/mol. The number of nitrogens with two attached hydrogens (primary N) is 1. The topological polar surface area (TPSA) is 63.3 Å². The molecule has 0 saturated carbocycles. The van der Waals surface area contributed by atoms with Crippen LogP contribution in [-0.4, -0.2) is 11.1 Å². The Balaban J connectivity index is 2.90. The highest BCUT2D eigenvalue weighted by atomic mass is 19.1. The molecule has 1 aromatic rings. The lowest BCUT2D eigenvalue weighted by Crippen LogP contribution is -2.14. The Kier molecular flexibility index (Phi) is 4.01. The molecule has 0 fully saturated rings. The summed E-state index contributed by atoms with van der Waals surface area (Å²) in [5.74, 6) is -1.18. The summed E-state index contributed by atoms with van der Waals surface area (Å²) in [5, 5.41) is 8.56. The van der Waals surface area contributed by atoms with Gasteiger partial charge in [-0.05, 0) is 43.0 Å². The van der Waals surface area contributed by atoms with Crippen molar-refractivity contribution in [2.45, 2.75) is 32.7 Å². The number of benzene rings is 1. The van der Waals surface area contributed by atoms with E-state index in [1.165, 1.54) is 6.07 Å². The summed E-state index contributed by atoms with van der Waals surface area (Å²) in [6, 6.07) is 2.83. The van der Waals surface area contributed by atoms with E-state index in [4.69, 9.17) is 10.8 Å². The average molecular weight is 225 g/mol. The molecule has 1 unspecified atom stereocenters. The van der Waals surface area contributed by atoms with Crippen molar-refractivity contribution in [2.75, 3.05) is 0 Å². The number of carboxylic acid groups (broad SMARTS) is 1. The number of carboxylic acids is 1. The van der Waals surface area contributed by atoms with Gasteiger partial charge in [-0.15, -0.1) is 0 Å². The maximum atomic E-state index is 13.4. The Morgan fingerprint density at radius 3 is 2.69 bits per heavy atom. The van der Waals surface area contributed by atoms with Crippen molar-refractivity contribution in [3.63, 3.8) is 0 Å². The van der Waals surface area contributed by atoms with Crippen LogP contribution in [0, 0.1) is 19.7 Å². The quantitative estimate of drug-likeness (QED) is 0.826. The van der Waals surface area contributed by atoms with Gasteiger partial charge in [-0.1, -0.05) is 6.07 Å². The molecule has 0 amide bonds. The second-order valence-electron chi connectivity index (χ2n) is 4.00. The van der Waals surface area contributed by atoms with Crippen LogP contribution in [0.4, 0.5) is 4.39 Å². The number of hydrogen-bond donors (Lipinski definition) is 2. The number of halogens is 1. The van der Waals surface area contributed by atoms with E-state index in [0.717, 1.165) is 5.56 Å². The fourth-order valence-corrected chi connectivity index (χ4v) is 1.66. The van der Waals surface area contributed by atoms with E-state index in [-0.39, 0.29) is 12.2 Å². The molecule has 16 heavy (non-hydrogen) atoms. The van der Waals surface area contributed by atoms with Gasteiger partial charge in [-0.25, -0.2) is 4.39 Å². The minimum atomic E-state index is -0.888. The Labute approximate surface area is 94.1 Å². The van der Waals surface area contributed by atoms with Crippen molar-refractivity contribution in [1.82, 2.24) is 0 Å². The highest BCUT2D eigenvalue weighted by Crippen LogP contribution is 2.23. The molecule has 3 nitrogen and oxygen atoms in total. The summed E-state index contributed by atoms with van der Waals surface area (Å²) >= 11 is 0. The van der Waals surface area contributed by atoms with Crippen LogP contribution in [-0.2, 0) is 4.79 Å². The molecule has 0 aliphatic rings. The van der Waals surface area contributed by atoms with Crippen LogP contribution in [0.3, 0.4) is 0 Å². The first kappa shape index (κ1) is 12.6. The lowest BCUT2D eigenvalue weighted by atomic mass is 9.96. The van der Waals surface area contributed by atoms with Gasteiger partial charge in [0, 0.05) is 12.5 Å². The van der Waals surface area contributed by atoms with Gasteiger partial charge in [0.05, 0.1) is 0 Å². The third-order valence-electron chi connectivity index (χ3n) is 2.60. The fraction of sp³-hybridized carbons (Fsp3) is 0.417. The standard InChI is InChI=1S/C12H16FNO2/c1-7-5-9(8(2)10(13)6-7)11(14)3-4-12(15)16/h5-6,11H,3-4,14H2,1-2H3,(H,15,16). The minimum absolute atomic E-state index is 0.00380. The number of hydrogen-bond acceptors (Lipinski definition) is 2. The molecule has 0 heterocycles. The van der Waals surface area contributed by atoms with Gasteiger partial charge in [0.2, 0.25) is 0 Å². The SMILES string of the molecule is Cc1cc(F)c(C)c(C(N)CCC(=O)O)c1. The molecule has 3 N–H and O–H groups in total. The minimum Gasteiger partial charge on any atom is -0.481 e. The predicted molar refractivity (Wildman–Crippen MR) is 59.7 cm³/mol. The molecule has 4 heteroatoms. The van der Waals surface area contributed by atoms with E-state index < -0.39 is 12.0 Å². The molecule has 1 atom stereocenters. The summed E-state index contributed by atoms with van der Waals surface area (Å²) in [6.45, 7) is 3.45. The molecular formula is C12H16FNO2. The fourth-order valence-electron chi connectivity index (χ4n) is 1.66. The van der Waals surface area contributed by atoms with Gasteiger partial charge < -0.3 is 10.8 Å². The van der Waals surface area contributed by atoms with E-state index in [2.05, 4.69) is 0 Å². The third-order valence-corrected chi connectivity index (χ3v) is 2.60. The lowest BCUT2D eigenvalue weighted by Gasteiger charge is -2.15. The highest BCUT2D eigenvalue weighted by Gasteiger charge is 2.13. The Bertz CT molecular complexity index is 404. The van der Waals surface area contributed by atoms with Gasteiger partial charge in [0.25, 0.3) is 0 Å². The highest BCUT2D eigenvalue weighted by molar-refractivity contribution is 5.66. The van der Waals surface area contributed by atoms with Crippen molar-refractivity contribution >= 4 is 5.97 Å². The molecule has 0 radical (unpaired) electrons. The predicted octanol–water partition coefficient (Wildman–Crippen LogP) is 2.31. The van der Waals surface area contributed by atoms with Crippen molar-refractivity contribution in [3.8, 4) is 0 Å². The number of aliphatic carboxylic acids is 1. The van der Waals surface area contributed by atoms with E-state index in [1.54, 1.807) is 13.8 Å². The number of carbonyl (C=O) groups is 1. The van der Waals surface area contributed by atoms with Gasteiger partial charge in [-0.3, -0.25) is 4.79 Å². The van der Waals surface area contributed by atoms with Crippen LogP contribution in [0.25, 0.3) is 0 Å². The maximum Gasteiger partial charge on any atom is 0.303 e. The van der Waals surface area contributed by atoms with E-state index >= 15 is 0 Å². The van der Waals surface area contributed by atoms with Crippen LogP contribution >= 0.6 is 0 Å². The lowest BCUT2D eigenvalue weighted by molar-refractivity contribution is -0.137. The molecule has 0 aliphatic carbocycles. The van der Waals surface area contributed by atoms with E-state index in [1.807, 2.05) is 6.07 Å². The molecule has 1 aromatic carbocycles. The van der Waals surface area contributed by atoms with E-state index in [0.29, 0.717) is 17.5 Å². The normalized spacial score (nSPS) is 12.5. The van der Waals surface area contributed by atoms with Crippen molar-refractivity contribution < 1.29 is 14.3 Å². The molecule has 0 aliphatic heterocycles. The van der Waals surface area contributed by atoms with Crippen molar-refractivity contribution in [1.29, 1.82) is 0 Å². The zero-order valence-electron chi connectivity index (χ0n) is 9.46. The Hall–Kier alpha value is -1.42. The molecule has 88 valence electrons. The van der Waals surface area contributed by atoms with Crippen LogP contribution in [0.5, 0.6) is 0 Å². The molecule has 0 spiro atoms. The smallest absolute Gasteiger partial charge is 0.303 e. The summed E-state index contributed by atoms with van der Waals surface area (Å²) < 4.78 is 13.4. The molecule has 1 rings (SSSR count). The van der Waals surface area contributed by atoms with Gasteiger partial charge in [0.1, 0.15) is 5.82 Å². The average Bonchev–Trinajstić information content (AvgIpc) is 2.19. The molecule has 0 aromatic heterocycles. The summed E-state index contributed by atoms with van der Waals surface area (Å²) in [7, 11) is 0. The number of aryl methyl sites for hydroxylation is 1. The molecule has 0 saturated heterocycles. The van der Waals surface area contributed by atoms with Crippen LogP contribution < -0.4 is 5.73 Å². The van der Waals surface area contributed by atoms with Gasteiger partial charge >= 0.3 is 5.97 Å². The zero-order valence-corrected chi connectivity index (χ0v) is 9.46. The Morgan fingerprint density at radius 2 is 2.12 bits per heavy atom. The summed E-state index contributed by atoms with van der Waals surface area (Å²) in [5.41, 5.74) is 7.84. The summed E-state index contributed by atoms with van der Waals surface area (Å²) in [4.78, 5) is 10.4. The van der Waals surface area contributed by atoms with Crippen LogP contribution in [0.1, 0.15) is 35.6 Å². The first-order valence-corrected chi connectivity index (χ1v) is 5.16. The molecule has 0 bridgehead atoms. The Morgan fingerprint density at radius 1 is 1.50 bits per heavy atom. The second kappa shape index (κ2) is 5.07. The van der Waals surface area contributed by atoms with Gasteiger partial charge in [0.15, 0.2) is 0 Å². The first-order valence-electron chi connectivity index (χ1n) is 5.16. The van der Waals surface area contributed by atoms with Crippen molar-refractivity contribution in [3.05, 3.63) is 34.6 Å². The number of rotatable bonds is 4. The zero-order chi connectivity index (χ0) is 12.3. The monoisotopic (exact) mass is 225 g/mol. The summed E-state index contributed by atoms with van der Waals surface area (Å²) in [6.07, 6.45) is 0.315. The van der Waals surface area contributed by atoms with Crippen LogP contribution in [0.15, 0.2) is 12.1 Å². The van der Waals surface area contributed by atoms with Crippen LogP contribution in [0.2, 0.25) is 0 Å². The maximum absolute atomic E-state index is 13.4. The van der Waals surface area contributed by atoms with Gasteiger partial charge in [-0.2, -0.15) is 0 Å². The first-order chi connectivity index (χ1) is 7.41. The largest absolute Gasteiger partial charge is 0.481 e.